The number of rotatable bonds is 21. The van der Waals surface area contributed by atoms with Crippen molar-refractivity contribution in [3.63, 3.8) is 0 Å². The molecule has 5 unspecified atom stereocenters. The Labute approximate surface area is 213 Å². The van der Waals surface area contributed by atoms with E-state index < -0.39 is 18.2 Å². The number of esters is 3. The maximum atomic E-state index is 12.8. The topological polar surface area (TPSA) is 99.1 Å². The molecule has 0 amide bonds. The van der Waals surface area contributed by atoms with Crippen LogP contribution in [0.5, 0.6) is 0 Å². The maximum Gasteiger partial charge on any atom is 0.309 e. The van der Waals surface area contributed by atoms with Crippen LogP contribution >= 0.6 is 0 Å². The van der Waals surface area contributed by atoms with Crippen LogP contribution in [0.15, 0.2) is 0 Å². The van der Waals surface area contributed by atoms with Crippen molar-refractivity contribution in [2.75, 3.05) is 13.2 Å². The summed E-state index contributed by atoms with van der Waals surface area (Å²) in [5.74, 6) is -1.85. The molecule has 0 saturated carbocycles. The minimum Gasteiger partial charge on any atom is -0.463 e. The molecular weight excluding hydrogens is 448 g/mol. The molecule has 0 saturated heterocycles. The summed E-state index contributed by atoms with van der Waals surface area (Å²) < 4.78 is 16.5. The molecule has 5 atom stereocenters. The van der Waals surface area contributed by atoms with E-state index >= 15 is 0 Å². The SMILES string of the molecule is CCCCC(CC)C(=O)OCC(O)C(COC(=O)C(CC)CCCC)OC(=O)C(CC)CCCC. The highest BCUT2D eigenvalue weighted by molar-refractivity contribution is 5.73. The fourth-order valence-electron chi connectivity index (χ4n) is 3.96. The summed E-state index contributed by atoms with van der Waals surface area (Å²) in [5, 5.41) is 10.8. The average Bonchev–Trinajstić information content (AvgIpc) is 2.86. The Hall–Kier alpha value is -1.63. The number of ether oxygens (including phenoxy) is 3. The average molecular weight is 501 g/mol. The zero-order valence-corrected chi connectivity index (χ0v) is 23.2. The lowest BCUT2D eigenvalue weighted by Gasteiger charge is -2.26. The van der Waals surface area contributed by atoms with Crippen LogP contribution in [-0.2, 0) is 28.6 Å². The van der Waals surface area contributed by atoms with E-state index in [0.717, 1.165) is 51.4 Å². The first kappa shape index (κ1) is 33.4. The number of aliphatic hydroxyl groups is 1. The zero-order chi connectivity index (χ0) is 26.6. The van der Waals surface area contributed by atoms with E-state index in [2.05, 4.69) is 20.8 Å². The van der Waals surface area contributed by atoms with Gasteiger partial charge in [0.25, 0.3) is 0 Å². The van der Waals surface area contributed by atoms with Crippen molar-refractivity contribution in [3.8, 4) is 0 Å². The molecular formula is C28H52O7. The van der Waals surface area contributed by atoms with E-state index in [1.165, 1.54) is 0 Å². The summed E-state index contributed by atoms with van der Waals surface area (Å²) in [7, 11) is 0. The number of carbonyl (C=O) groups is 3. The van der Waals surface area contributed by atoms with Gasteiger partial charge in [-0.05, 0) is 38.5 Å². The van der Waals surface area contributed by atoms with Crippen LogP contribution < -0.4 is 0 Å². The predicted molar refractivity (Wildman–Crippen MR) is 138 cm³/mol. The minimum absolute atomic E-state index is 0.219. The molecule has 0 radical (unpaired) electrons. The van der Waals surface area contributed by atoms with Gasteiger partial charge in [-0.25, -0.2) is 0 Å². The molecule has 0 aliphatic rings. The lowest BCUT2D eigenvalue weighted by Crippen LogP contribution is -2.41. The number of hydrogen-bond acceptors (Lipinski definition) is 7. The van der Waals surface area contributed by atoms with E-state index in [1.807, 2.05) is 20.8 Å². The number of unbranched alkanes of at least 4 members (excludes halogenated alkanes) is 3. The molecule has 0 aromatic rings. The Kier molecular flexibility index (Phi) is 19.6. The molecule has 0 aromatic carbocycles. The first-order valence-electron chi connectivity index (χ1n) is 14.0. The number of carbonyl (C=O) groups excluding carboxylic acids is 3. The third-order valence-electron chi connectivity index (χ3n) is 6.68. The van der Waals surface area contributed by atoms with Gasteiger partial charge >= 0.3 is 17.9 Å². The van der Waals surface area contributed by atoms with E-state index in [9.17, 15) is 19.5 Å². The zero-order valence-electron chi connectivity index (χ0n) is 23.2. The van der Waals surface area contributed by atoms with Crippen LogP contribution in [0.25, 0.3) is 0 Å². The quantitative estimate of drug-likeness (QED) is 0.152. The van der Waals surface area contributed by atoms with Crippen molar-refractivity contribution in [2.45, 2.75) is 131 Å². The number of hydrogen-bond donors (Lipinski definition) is 1. The van der Waals surface area contributed by atoms with E-state index in [0.29, 0.717) is 25.7 Å². The second-order valence-corrected chi connectivity index (χ2v) is 9.54. The molecule has 35 heavy (non-hydrogen) atoms. The van der Waals surface area contributed by atoms with Gasteiger partial charge in [0.15, 0.2) is 6.10 Å². The third-order valence-corrected chi connectivity index (χ3v) is 6.68. The van der Waals surface area contributed by atoms with Crippen molar-refractivity contribution >= 4 is 17.9 Å². The second kappa shape index (κ2) is 20.6. The highest BCUT2D eigenvalue weighted by atomic mass is 16.6. The van der Waals surface area contributed by atoms with Gasteiger partial charge in [-0.1, -0.05) is 80.1 Å². The van der Waals surface area contributed by atoms with Crippen LogP contribution in [0.3, 0.4) is 0 Å². The maximum absolute atomic E-state index is 12.8. The molecule has 1 N–H and O–H groups in total. The van der Waals surface area contributed by atoms with Gasteiger partial charge in [-0.3, -0.25) is 14.4 Å². The first-order valence-corrected chi connectivity index (χ1v) is 14.0. The lowest BCUT2D eigenvalue weighted by atomic mass is 9.99. The Balaban J connectivity index is 5.25. The molecule has 0 aliphatic heterocycles. The van der Waals surface area contributed by atoms with Crippen molar-refractivity contribution in [1.82, 2.24) is 0 Å². The lowest BCUT2D eigenvalue weighted by molar-refractivity contribution is -0.176. The largest absolute Gasteiger partial charge is 0.463 e. The highest BCUT2D eigenvalue weighted by Gasteiger charge is 2.31. The van der Waals surface area contributed by atoms with Gasteiger partial charge < -0.3 is 19.3 Å². The Morgan fingerprint density at radius 3 is 1.34 bits per heavy atom. The van der Waals surface area contributed by atoms with Gasteiger partial charge in [0.05, 0.1) is 17.8 Å². The molecule has 0 spiro atoms. The van der Waals surface area contributed by atoms with E-state index in [-0.39, 0.29) is 42.9 Å². The molecule has 0 aromatic heterocycles. The van der Waals surface area contributed by atoms with Crippen LogP contribution in [0.2, 0.25) is 0 Å². The van der Waals surface area contributed by atoms with Gasteiger partial charge in [0, 0.05) is 0 Å². The smallest absolute Gasteiger partial charge is 0.309 e. The fraction of sp³-hybridized carbons (Fsp3) is 0.893. The second-order valence-electron chi connectivity index (χ2n) is 9.54. The predicted octanol–water partition coefficient (Wildman–Crippen LogP) is 5.99. The molecule has 7 heteroatoms. The molecule has 0 aliphatic carbocycles. The highest BCUT2D eigenvalue weighted by Crippen LogP contribution is 2.19. The van der Waals surface area contributed by atoms with E-state index in [4.69, 9.17) is 14.2 Å². The van der Waals surface area contributed by atoms with Crippen molar-refractivity contribution < 1.29 is 33.7 Å². The molecule has 0 rings (SSSR count). The summed E-state index contributed by atoms with van der Waals surface area (Å²) in [6.45, 7) is 11.4. The molecule has 0 bridgehead atoms. The Morgan fingerprint density at radius 2 is 0.971 bits per heavy atom. The monoisotopic (exact) mass is 500 g/mol. The summed E-state index contributed by atoms with van der Waals surface area (Å²) >= 11 is 0. The third kappa shape index (κ3) is 13.9. The van der Waals surface area contributed by atoms with Crippen LogP contribution in [0.1, 0.15) is 119 Å². The van der Waals surface area contributed by atoms with Crippen molar-refractivity contribution in [3.05, 3.63) is 0 Å². The molecule has 7 nitrogen and oxygen atoms in total. The molecule has 206 valence electrons. The Bertz CT molecular complexity index is 578. The first-order chi connectivity index (χ1) is 16.8. The molecule has 0 fully saturated rings. The van der Waals surface area contributed by atoms with Gasteiger partial charge in [0.1, 0.15) is 19.3 Å². The van der Waals surface area contributed by atoms with E-state index in [1.54, 1.807) is 0 Å². The normalized spacial score (nSPS) is 15.5. The van der Waals surface area contributed by atoms with Crippen molar-refractivity contribution in [2.24, 2.45) is 17.8 Å². The summed E-state index contributed by atoms with van der Waals surface area (Å²) in [6.07, 6.45) is 7.47. The standard InChI is InChI=1S/C28H52O7/c1-7-13-16-21(10-4)26(30)33-19-24(29)25(35-28(32)23(12-6)18-15-9-3)20-34-27(31)22(11-5)17-14-8-2/h21-25,29H,7-20H2,1-6H3. The molecule has 0 heterocycles. The van der Waals surface area contributed by atoms with Crippen LogP contribution in [0.4, 0.5) is 0 Å². The Morgan fingerprint density at radius 1 is 0.600 bits per heavy atom. The summed E-state index contributed by atoms with van der Waals surface area (Å²) in [4.78, 5) is 37.9. The summed E-state index contributed by atoms with van der Waals surface area (Å²) in [5.41, 5.74) is 0. The van der Waals surface area contributed by atoms with Crippen molar-refractivity contribution in [1.29, 1.82) is 0 Å². The minimum atomic E-state index is -1.28. The summed E-state index contributed by atoms with van der Waals surface area (Å²) in [6, 6.07) is 0. The van der Waals surface area contributed by atoms with Crippen LogP contribution in [0, 0.1) is 17.8 Å². The fourth-order valence-corrected chi connectivity index (χ4v) is 3.96. The van der Waals surface area contributed by atoms with Gasteiger partial charge in [0.2, 0.25) is 0 Å². The van der Waals surface area contributed by atoms with Gasteiger partial charge in [-0.15, -0.1) is 0 Å². The number of aliphatic hydroxyl groups excluding tert-OH is 1. The van der Waals surface area contributed by atoms with Gasteiger partial charge in [-0.2, -0.15) is 0 Å². The van der Waals surface area contributed by atoms with Crippen LogP contribution in [-0.4, -0.2) is 48.4 Å².